The molecule has 2 aromatic carbocycles. The van der Waals surface area contributed by atoms with Crippen molar-refractivity contribution in [3.8, 4) is 17.1 Å². The van der Waals surface area contributed by atoms with Crippen molar-refractivity contribution in [2.75, 3.05) is 6.61 Å². The fraction of sp³-hybridized carbons (Fsp3) is 0.208. The van der Waals surface area contributed by atoms with E-state index in [1.165, 1.54) is 25.3 Å². The summed E-state index contributed by atoms with van der Waals surface area (Å²) in [7, 11) is 0. The lowest BCUT2D eigenvalue weighted by atomic mass is 10.1. The van der Waals surface area contributed by atoms with Gasteiger partial charge in [0.25, 0.3) is 17.5 Å². The maximum absolute atomic E-state index is 12.2. The molecule has 34 heavy (non-hydrogen) atoms. The van der Waals surface area contributed by atoms with Gasteiger partial charge in [0, 0.05) is 17.7 Å². The van der Waals surface area contributed by atoms with Gasteiger partial charge in [-0.1, -0.05) is 12.1 Å². The molecule has 1 heterocycles. The summed E-state index contributed by atoms with van der Waals surface area (Å²) < 4.78 is 11.1. The molecular weight excluding hydrogens is 440 g/mol. The molecule has 2 amide bonds. The standard InChI is InChI=1S/C24H24N4O6/c1-15-5-4-6-19(11-15)33-14-23(29)26-17(3)24(30)27-25-13-20-8-10-22(34-20)21-9-7-18(28(31)32)12-16(21)2/h4-13,17H,14H2,1-3H3,(H,26,29)(H,27,30)/b25-13+. The minimum atomic E-state index is -0.833. The number of hydrogen-bond acceptors (Lipinski definition) is 7. The third-order valence-corrected chi connectivity index (χ3v) is 4.81. The minimum absolute atomic E-state index is 0.000223. The quantitative estimate of drug-likeness (QED) is 0.283. The number of amides is 2. The zero-order valence-corrected chi connectivity index (χ0v) is 18.9. The van der Waals surface area contributed by atoms with Crippen LogP contribution in [0.25, 0.3) is 11.3 Å². The van der Waals surface area contributed by atoms with Crippen LogP contribution in [0.5, 0.6) is 5.75 Å². The summed E-state index contributed by atoms with van der Waals surface area (Å²) in [6, 6.07) is 14.3. The molecule has 0 aliphatic carbocycles. The topological polar surface area (TPSA) is 136 Å². The molecule has 0 bridgehead atoms. The maximum Gasteiger partial charge on any atom is 0.269 e. The molecule has 3 rings (SSSR count). The molecule has 0 saturated heterocycles. The van der Waals surface area contributed by atoms with E-state index in [-0.39, 0.29) is 12.3 Å². The smallest absolute Gasteiger partial charge is 0.269 e. The number of non-ortho nitro benzene ring substituents is 1. The van der Waals surface area contributed by atoms with Crippen LogP contribution in [0, 0.1) is 24.0 Å². The molecule has 0 radical (unpaired) electrons. The monoisotopic (exact) mass is 464 g/mol. The number of nitrogens with zero attached hydrogens (tertiary/aromatic N) is 2. The number of furan rings is 1. The van der Waals surface area contributed by atoms with Crippen molar-refractivity contribution in [3.05, 3.63) is 81.6 Å². The van der Waals surface area contributed by atoms with Crippen LogP contribution in [0.15, 0.2) is 64.1 Å². The van der Waals surface area contributed by atoms with Crippen LogP contribution >= 0.6 is 0 Å². The van der Waals surface area contributed by atoms with Gasteiger partial charge in [-0.15, -0.1) is 0 Å². The summed E-state index contributed by atoms with van der Waals surface area (Å²) in [4.78, 5) is 34.6. The van der Waals surface area contributed by atoms with Crippen molar-refractivity contribution >= 4 is 23.7 Å². The number of nitro benzene ring substituents is 1. The average Bonchev–Trinajstić information content (AvgIpc) is 3.26. The van der Waals surface area contributed by atoms with E-state index >= 15 is 0 Å². The predicted molar refractivity (Wildman–Crippen MR) is 126 cm³/mol. The molecule has 0 aliphatic rings. The first kappa shape index (κ1) is 24.2. The third kappa shape index (κ3) is 6.52. The van der Waals surface area contributed by atoms with Crippen molar-refractivity contribution in [1.29, 1.82) is 0 Å². The van der Waals surface area contributed by atoms with E-state index in [0.717, 1.165) is 5.56 Å². The second-order valence-electron chi connectivity index (χ2n) is 7.59. The molecule has 0 saturated carbocycles. The lowest BCUT2D eigenvalue weighted by Gasteiger charge is -2.12. The molecule has 0 spiro atoms. The summed E-state index contributed by atoms with van der Waals surface area (Å²) in [5, 5.41) is 17.3. The highest BCUT2D eigenvalue weighted by molar-refractivity contribution is 5.88. The van der Waals surface area contributed by atoms with Gasteiger partial charge in [-0.2, -0.15) is 5.10 Å². The number of rotatable bonds is 9. The predicted octanol–water partition coefficient (Wildman–Crippen LogP) is 3.51. The Morgan fingerprint density at radius 2 is 1.97 bits per heavy atom. The minimum Gasteiger partial charge on any atom is -0.484 e. The molecular formula is C24H24N4O6. The third-order valence-electron chi connectivity index (χ3n) is 4.81. The average molecular weight is 464 g/mol. The second-order valence-corrected chi connectivity index (χ2v) is 7.59. The van der Waals surface area contributed by atoms with Gasteiger partial charge in [-0.25, -0.2) is 5.43 Å². The van der Waals surface area contributed by atoms with Gasteiger partial charge in [-0.05, 0) is 62.2 Å². The first-order valence-corrected chi connectivity index (χ1v) is 10.4. The number of hydrogen-bond donors (Lipinski definition) is 2. The van der Waals surface area contributed by atoms with E-state index in [9.17, 15) is 19.7 Å². The van der Waals surface area contributed by atoms with E-state index in [1.807, 2.05) is 19.1 Å². The molecule has 1 aromatic heterocycles. The number of ether oxygens (including phenoxy) is 1. The Bertz CT molecular complexity index is 1230. The Morgan fingerprint density at radius 3 is 2.68 bits per heavy atom. The molecule has 0 fully saturated rings. The number of hydrazone groups is 1. The summed E-state index contributed by atoms with van der Waals surface area (Å²) in [6.07, 6.45) is 1.32. The van der Waals surface area contributed by atoms with Crippen LogP contribution < -0.4 is 15.5 Å². The van der Waals surface area contributed by atoms with Crippen molar-refractivity contribution < 1.29 is 23.7 Å². The Balaban J connectivity index is 1.49. The van der Waals surface area contributed by atoms with E-state index in [4.69, 9.17) is 9.15 Å². The zero-order valence-electron chi connectivity index (χ0n) is 18.9. The highest BCUT2D eigenvalue weighted by atomic mass is 16.6. The molecule has 1 unspecified atom stereocenters. The zero-order chi connectivity index (χ0) is 24.7. The van der Waals surface area contributed by atoms with Gasteiger partial charge in [0.05, 0.1) is 11.1 Å². The SMILES string of the molecule is Cc1cccc(OCC(=O)NC(C)C(=O)N/N=C/c2ccc(-c3ccc([N+](=O)[O-])cc3C)o2)c1. The van der Waals surface area contributed by atoms with Crippen LogP contribution in [0.3, 0.4) is 0 Å². The van der Waals surface area contributed by atoms with Crippen molar-refractivity contribution in [1.82, 2.24) is 10.7 Å². The Labute approximate surface area is 195 Å². The number of carbonyl (C=O) groups excluding carboxylic acids is 2. The number of nitrogens with one attached hydrogen (secondary N) is 2. The van der Waals surface area contributed by atoms with E-state index < -0.39 is 22.8 Å². The van der Waals surface area contributed by atoms with Crippen LogP contribution in [-0.2, 0) is 9.59 Å². The van der Waals surface area contributed by atoms with Gasteiger partial charge < -0.3 is 14.5 Å². The number of aryl methyl sites for hydroxylation is 2. The summed E-state index contributed by atoms with van der Waals surface area (Å²) in [5.41, 5.74) is 4.75. The Kier molecular flexibility index (Phi) is 7.75. The van der Waals surface area contributed by atoms with Crippen LogP contribution in [0.1, 0.15) is 23.8 Å². The second kappa shape index (κ2) is 10.9. The molecule has 10 heteroatoms. The molecule has 0 aliphatic heterocycles. The van der Waals surface area contributed by atoms with E-state index in [0.29, 0.717) is 28.4 Å². The molecule has 10 nitrogen and oxygen atoms in total. The summed E-state index contributed by atoms with van der Waals surface area (Å²) >= 11 is 0. The van der Waals surface area contributed by atoms with Gasteiger partial charge in [0.15, 0.2) is 6.61 Å². The normalized spacial score (nSPS) is 11.7. The molecule has 1 atom stereocenters. The molecule has 2 N–H and O–H groups in total. The van der Waals surface area contributed by atoms with Crippen LogP contribution in [-0.4, -0.2) is 35.6 Å². The summed E-state index contributed by atoms with van der Waals surface area (Å²) in [6.45, 7) is 4.97. The molecule has 176 valence electrons. The Morgan fingerprint density at radius 1 is 1.18 bits per heavy atom. The fourth-order valence-electron chi connectivity index (χ4n) is 3.06. The van der Waals surface area contributed by atoms with E-state index in [2.05, 4.69) is 15.8 Å². The van der Waals surface area contributed by atoms with Gasteiger partial charge in [0.2, 0.25) is 0 Å². The number of nitro groups is 1. The number of benzene rings is 2. The van der Waals surface area contributed by atoms with Crippen molar-refractivity contribution in [2.24, 2.45) is 5.10 Å². The largest absolute Gasteiger partial charge is 0.484 e. The first-order valence-electron chi connectivity index (χ1n) is 10.4. The molecule has 3 aromatic rings. The highest BCUT2D eigenvalue weighted by Crippen LogP contribution is 2.28. The van der Waals surface area contributed by atoms with Gasteiger partial charge in [0.1, 0.15) is 23.3 Å². The van der Waals surface area contributed by atoms with Crippen LogP contribution in [0.2, 0.25) is 0 Å². The van der Waals surface area contributed by atoms with Crippen LogP contribution in [0.4, 0.5) is 5.69 Å². The number of carbonyl (C=O) groups is 2. The lowest BCUT2D eigenvalue weighted by Crippen LogP contribution is -2.45. The Hall–Kier alpha value is -4.47. The van der Waals surface area contributed by atoms with Crippen molar-refractivity contribution in [3.63, 3.8) is 0 Å². The van der Waals surface area contributed by atoms with E-state index in [1.54, 1.807) is 37.3 Å². The highest BCUT2D eigenvalue weighted by Gasteiger charge is 2.16. The first-order chi connectivity index (χ1) is 16.2. The van der Waals surface area contributed by atoms with Crippen molar-refractivity contribution in [2.45, 2.75) is 26.8 Å². The maximum atomic E-state index is 12.2. The summed E-state index contributed by atoms with van der Waals surface area (Å²) in [5.74, 6) is 0.490. The lowest BCUT2D eigenvalue weighted by molar-refractivity contribution is -0.384. The van der Waals surface area contributed by atoms with Gasteiger partial charge >= 0.3 is 0 Å². The van der Waals surface area contributed by atoms with Gasteiger partial charge in [-0.3, -0.25) is 19.7 Å². The fourth-order valence-corrected chi connectivity index (χ4v) is 3.06.